The molecule has 5 nitrogen and oxygen atoms in total. The molecule has 1 unspecified atom stereocenters. The third kappa shape index (κ3) is 3.83. The van der Waals surface area contributed by atoms with E-state index in [1.54, 1.807) is 6.20 Å². The average molecular weight is 298 g/mol. The van der Waals surface area contributed by atoms with E-state index in [1.807, 2.05) is 62.3 Å². The molecule has 3 N–H and O–H groups in total. The van der Waals surface area contributed by atoms with Crippen molar-refractivity contribution in [3.8, 4) is 0 Å². The van der Waals surface area contributed by atoms with Gasteiger partial charge in [-0.15, -0.1) is 0 Å². The number of aryl methyl sites for hydroxylation is 1. The molecule has 0 saturated carbocycles. The molecular weight excluding hydrogens is 276 g/mol. The number of amides is 1. The Hall–Kier alpha value is -2.40. The molecule has 116 valence electrons. The van der Waals surface area contributed by atoms with Gasteiger partial charge in [0.15, 0.2) is 0 Å². The molecule has 0 bridgehead atoms. The van der Waals surface area contributed by atoms with Crippen LogP contribution in [0.3, 0.4) is 0 Å². The number of carbonyl (C=O) groups is 1. The number of aromatic nitrogens is 1. The Labute approximate surface area is 131 Å². The SMILES string of the molecule is Cc1ccc(C(N)C(=O)NCc2cccnc2N(C)C)cc1. The van der Waals surface area contributed by atoms with Crippen LogP contribution in [-0.4, -0.2) is 25.0 Å². The van der Waals surface area contributed by atoms with Crippen LogP contribution in [0, 0.1) is 6.92 Å². The monoisotopic (exact) mass is 298 g/mol. The topological polar surface area (TPSA) is 71.2 Å². The first-order valence-corrected chi connectivity index (χ1v) is 7.20. The van der Waals surface area contributed by atoms with E-state index in [4.69, 9.17) is 5.73 Å². The fraction of sp³-hybridized carbons (Fsp3) is 0.294. The maximum atomic E-state index is 12.2. The van der Waals surface area contributed by atoms with Crippen molar-refractivity contribution in [2.24, 2.45) is 5.73 Å². The van der Waals surface area contributed by atoms with Crippen LogP contribution in [0.5, 0.6) is 0 Å². The van der Waals surface area contributed by atoms with Crippen molar-refractivity contribution in [1.29, 1.82) is 0 Å². The lowest BCUT2D eigenvalue weighted by Crippen LogP contribution is -2.34. The van der Waals surface area contributed by atoms with Gasteiger partial charge in [0, 0.05) is 32.4 Å². The van der Waals surface area contributed by atoms with E-state index < -0.39 is 6.04 Å². The second-order valence-electron chi connectivity index (χ2n) is 5.49. The van der Waals surface area contributed by atoms with Gasteiger partial charge in [0.25, 0.3) is 0 Å². The molecule has 0 aliphatic rings. The van der Waals surface area contributed by atoms with Gasteiger partial charge in [0.1, 0.15) is 11.9 Å². The number of pyridine rings is 1. The highest BCUT2D eigenvalue weighted by atomic mass is 16.2. The lowest BCUT2D eigenvalue weighted by Gasteiger charge is -2.17. The normalized spacial score (nSPS) is 11.8. The summed E-state index contributed by atoms with van der Waals surface area (Å²) >= 11 is 0. The van der Waals surface area contributed by atoms with Crippen LogP contribution in [0.15, 0.2) is 42.6 Å². The third-order valence-electron chi connectivity index (χ3n) is 3.46. The van der Waals surface area contributed by atoms with Crippen molar-refractivity contribution in [3.63, 3.8) is 0 Å². The third-order valence-corrected chi connectivity index (χ3v) is 3.46. The zero-order valence-electron chi connectivity index (χ0n) is 13.2. The second-order valence-corrected chi connectivity index (χ2v) is 5.49. The molecule has 2 rings (SSSR count). The number of hydrogen-bond donors (Lipinski definition) is 2. The number of rotatable bonds is 5. The smallest absolute Gasteiger partial charge is 0.241 e. The van der Waals surface area contributed by atoms with E-state index in [9.17, 15) is 4.79 Å². The molecule has 1 aromatic carbocycles. The molecule has 0 saturated heterocycles. The lowest BCUT2D eigenvalue weighted by atomic mass is 10.1. The largest absolute Gasteiger partial charge is 0.362 e. The van der Waals surface area contributed by atoms with E-state index in [-0.39, 0.29) is 5.91 Å². The minimum atomic E-state index is -0.667. The standard InChI is InChI=1S/C17H22N4O/c1-12-6-8-13(9-7-12)15(18)17(22)20-11-14-5-4-10-19-16(14)21(2)3/h4-10,15H,11,18H2,1-3H3,(H,20,22). The van der Waals surface area contributed by atoms with Crippen molar-refractivity contribution in [2.75, 3.05) is 19.0 Å². The fourth-order valence-corrected chi connectivity index (χ4v) is 2.19. The zero-order valence-corrected chi connectivity index (χ0v) is 13.2. The Bertz CT molecular complexity index is 637. The molecule has 1 atom stereocenters. The van der Waals surface area contributed by atoms with E-state index in [1.165, 1.54) is 0 Å². The van der Waals surface area contributed by atoms with Gasteiger partial charge in [0.2, 0.25) is 5.91 Å². The van der Waals surface area contributed by atoms with E-state index in [0.29, 0.717) is 6.54 Å². The van der Waals surface area contributed by atoms with Gasteiger partial charge in [-0.3, -0.25) is 4.79 Å². The Morgan fingerprint density at radius 3 is 2.59 bits per heavy atom. The summed E-state index contributed by atoms with van der Waals surface area (Å²) in [5, 5.41) is 2.88. The molecule has 0 radical (unpaired) electrons. The van der Waals surface area contributed by atoms with Gasteiger partial charge in [-0.2, -0.15) is 0 Å². The molecule has 22 heavy (non-hydrogen) atoms. The van der Waals surface area contributed by atoms with Crippen molar-refractivity contribution >= 4 is 11.7 Å². The Morgan fingerprint density at radius 1 is 1.27 bits per heavy atom. The predicted molar refractivity (Wildman–Crippen MR) is 88.5 cm³/mol. The first-order chi connectivity index (χ1) is 10.5. The van der Waals surface area contributed by atoms with E-state index >= 15 is 0 Å². The quantitative estimate of drug-likeness (QED) is 0.882. The number of nitrogens with two attached hydrogens (primary N) is 1. The molecule has 0 aliphatic carbocycles. The van der Waals surface area contributed by atoms with Crippen molar-refractivity contribution in [2.45, 2.75) is 19.5 Å². The molecule has 0 aliphatic heterocycles. The van der Waals surface area contributed by atoms with Gasteiger partial charge in [0.05, 0.1) is 0 Å². The van der Waals surface area contributed by atoms with Crippen LogP contribution in [0.4, 0.5) is 5.82 Å². The first-order valence-electron chi connectivity index (χ1n) is 7.20. The summed E-state index contributed by atoms with van der Waals surface area (Å²) < 4.78 is 0. The predicted octanol–water partition coefficient (Wildman–Crippen LogP) is 1.77. The number of carbonyl (C=O) groups excluding carboxylic acids is 1. The highest BCUT2D eigenvalue weighted by molar-refractivity contribution is 5.83. The highest BCUT2D eigenvalue weighted by Crippen LogP contribution is 2.15. The van der Waals surface area contributed by atoms with Gasteiger partial charge in [-0.1, -0.05) is 35.9 Å². The van der Waals surface area contributed by atoms with Crippen LogP contribution in [0.2, 0.25) is 0 Å². The maximum absolute atomic E-state index is 12.2. The van der Waals surface area contributed by atoms with Gasteiger partial charge >= 0.3 is 0 Å². The summed E-state index contributed by atoms with van der Waals surface area (Å²) in [6, 6.07) is 10.8. The van der Waals surface area contributed by atoms with Crippen LogP contribution in [0.25, 0.3) is 0 Å². The molecular formula is C17H22N4O. The summed E-state index contributed by atoms with van der Waals surface area (Å²) in [4.78, 5) is 18.4. The molecule has 0 spiro atoms. The first kappa shape index (κ1) is 16.0. The fourth-order valence-electron chi connectivity index (χ4n) is 2.19. The van der Waals surface area contributed by atoms with Crippen LogP contribution >= 0.6 is 0 Å². The van der Waals surface area contributed by atoms with E-state index in [2.05, 4.69) is 10.3 Å². The lowest BCUT2D eigenvalue weighted by molar-refractivity contribution is -0.122. The number of hydrogen-bond acceptors (Lipinski definition) is 4. The summed E-state index contributed by atoms with van der Waals surface area (Å²) in [7, 11) is 3.84. The van der Waals surface area contributed by atoms with Crippen molar-refractivity contribution < 1.29 is 4.79 Å². The molecule has 5 heteroatoms. The van der Waals surface area contributed by atoms with Crippen LogP contribution in [-0.2, 0) is 11.3 Å². The Balaban J connectivity index is 2.02. The zero-order chi connectivity index (χ0) is 16.1. The minimum absolute atomic E-state index is 0.197. The molecule has 0 fully saturated rings. The summed E-state index contributed by atoms with van der Waals surface area (Å²) in [5.74, 6) is 0.643. The van der Waals surface area contributed by atoms with Crippen LogP contribution in [0.1, 0.15) is 22.7 Å². The second kappa shape index (κ2) is 7.04. The Kier molecular flexibility index (Phi) is 5.12. The van der Waals surface area contributed by atoms with Crippen molar-refractivity contribution in [1.82, 2.24) is 10.3 Å². The Morgan fingerprint density at radius 2 is 1.95 bits per heavy atom. The van der Waals surface area contributed by atoms with Gasteiger partial charge in [-0.05, 0) is 18.6 Å². The maximum Gasteiger partial charge on any atom is 0.241 e. The number of benzene rings is 1. The summed E-state index contributed by atoms with van der Waals surface area (Å²) in [5.41, 5.74) is 8.92. The molecule has 1 aromatic heterocycles. The van der Waals surface area contributed by atoms with Crippen LogP contribution < -0.4 is 16.0 Å². The number of anilines is 1. The van der Waals surface area contributed by atoms with Crippen molar-refractivity contribution in [3.05, 3.63) is 59.3 Å². The summed E-state index contributed by atoms with van der Waals surface area (Å²) in [6.45, 7) is 2.40. The minimum Gasteiger partial charge on any atom is -0.362 e. The molecule has 2 aromatic rings. The average Bonchev–Trinajstić information content (AvgIpc) is 2.52. The number of nitrogens with one attached hydrogen (secondary N) is 1. The van der Waals surface area contributed by atoms with Gasteiger partial charge < -0.3 is 16.0 Å². The molecule has 1 heterocycles. The van der Waals surface area contributed by atoms with E-state index in [0.717, 1.165) is 22.5 Å². The summed E-state index contributed by atoms with van der Waals surface area (Å²) in [6.07, 6.45) is 1.73. The molecule has 1 amide bonds. The highest BCUT2D eigenvalue weighted by Gasteiger charge is 2.16. The van der Waals surface area contributed by atoms with Gasteiger partial charge in [-0.25, -0.2) is 4.98 Å². The number of nitrogens with zero attached hydrogens (tertiary/aromatic N) is 2.